The SMILES string of the molecule is COCCOCCNS(=O)(=O)c1ccc2c(c1)NCC2. The number of methoxy groups -OCH3 is 1. The van der Waals surface area contributed by atoms with E-state index in [1.807, 2.05) is 6.07 Å². The fraction of sp³-hybridized carbons (Fsp3) is 0.538. The fourth-order valence-corrected chi connectivity index (χ4v) is 3.05. The summed E-state index contributed by atoms with van der Waals surface area (Å²) in [4.78, 5) is 0.280. The fourth-order valence-electron chi connectivity index (χ4n) is 2.01. The van der Waals surface area contributed by atoms with Crippen LogP contribution in [0, 0.1) is 0 Å². The Morgan fingerprint density at radius 3 is 2.95 bits per heavy atom. The molecular formula is C13H20N2O4S. The molecule has 1 aliphatic rings. The monoisotopic (exact) mass is 300 g/mol. The highest BCUT2D eigenvalue weighted by Crippen LogP contribution is 2.25. The molecule has 1 heterocycles. The van der Waals surface area contributed by atoms with Crippen molar-refractivity contribution in [3.8, 4) is 0 Å². The lowest BCUT2D eigenvalue weighted by Crippen LogP contribution is -2.27. The lowest BCUT2D eigenvalue weighted by molar-refractivity contribution is 0.0736. The van der Waals surface area contributed by atoms with Crippen molar-refractivity contribution in [3.05, 3.63) is 23.8 Å². The zero-order chi connectivity index (χ0) is 14.4. The lowest BCUT2D eigenvalue weighted by atomic mass is 10.2. The number of hydrogen-bond donors (Lipinski definition) is 2. The van der Waals surface area contributed by atoms with E-state index in [9.17, 15) is 8.42 Å². The molecule has 0 unspecified atom stereocenters. The van der Waals surface area contributed by atoms with E-state index in [0.717, 1.165) is 24.2 Å². The van der Waals surface area contributed by atoms with Gasteiger partial charge in [-0.05, 0) is 24.1 Å². The van der Waals surface area contributed by atoms with Crippen molar-refractivity contribution in [2.75, 3.05) is 45.3 Å². The number of anilines is 1. The van der Waals surface area contributed by atoms with Crippen molar-refractivity contribution < 1.29 is 17.9 Å². The minimum absolute atomic E-state index is 0.247. The summed E-state index contributed by atoms with van der Waals surface area (Å²) in [5.41, 5.74) is 2.07. The molecule has 6 nitrogen and oxygen atoms in total. The third-order valence-electron chi connectivity index (χ3n) is 3.07. The molecule has 2 rings (SSSR count). The maximum Gasteiger partial charge on any atom is 0.240 e. The van der Waals surface area contributed by atoms with Crippen LogP contribution >= 0.6 is 0 Å². The van der Waals surface area contributed by atoms with Gasteiger partial charge in [0.2, 0.25) is 10.0 Å². The van der Waals surface area contributed by atoms with Gasteiger partial charge in [-0.15, -0.1) is 0 Å². The first kappa shape index (κ1) is 15.2. The van der Waals surface area contributed by atoms with Crippen molar-refractivity contribution in [3.63, 3.8) is 0 Å². The van der Waals surface area contributed by atoms with E-state index in [2.05, 4.69) is 10.0 Å². The van der Waals surface area contributed by atoms with Crippen molar-refractivity contribution in [1.29, 1.82) is 0 Å². The van der Waals surface area contributed by atoms with Crippen LogP contribution in [-0.2, 0) is 25.9 Å². The molecule has 0 atom stereocenters. The van der Waals surface area contributed by atoms with Crippen LogP contribution in [0.25, 0.3) is 0 Å². The summed E-state index contributed by atoms with van der Waals surface area (Å²) in [6.07, 6.45) is 0.941. The van der Waals surface area contributed by atoms with E-state index in [1.165, 1.54) is 0 Å². The van der Waals surface area contributed by atoms with Crippen LogP contribution in [0.3, 0.4) is 0 Å². The Kier molecular flexibility index (Phi) is 5.36. The Morgan fingerprint density at radius 1 is 1.30 bits per heavy atom. The molecule has 0 bridgehead atoms. The molecule has 0 aliphatic carbocycles. The maximum atomic E-state index is 12.1. The van der Waals surface area contributed by atoms with Gasteiger partial charge in [0.15, 0.2) is 0 Å². The molecule has 0 aromatic heterocycles. The zero-order valence-electron chi connectivity index (χ0n) is 11.5. The molecule has 0 radical (unpaired) electrons. The molecule has 1 aliphatic heterocycles. The molecule has 1 aromatic rings. The highest BCUT2D eigenvalue weighted by Gasteiger charge is 2.17. The molecule has 2 N–H and O–H groups in total. The molecule has 0 fully saturated rings. The number of rotatable bonds is 8. The minimum Gasteiger partial charge on any atom is -0.384 e. The molecule has 0 saturated heterocycles. The van der Waals surface area contributed by atoms with Crippen LogP contribution in [0.4, 0.5) is 5.69 Å². The van der Waals surface area contributed by atoms with Crippen molar-refractivity contribution in [2.45, 2.75) is 11.3 Å². The first-order valence-electron chi connectivity index (χ1n) is 6.56. The summed E-state index contributed by atoms with van der Waals surface area (Å²) < 4.78 is 36.8. The van der Waals surface area contributed by atoms with Crippen LogP contribution in [0.2, 0.25) is 0 Å². The van der Waals surface area contributed by atoms with Crippen molar-refractivity contribution >= 4 is 15.7 Å². The normalized spacial score (nSPS) is 14.1. The Bertz CT molecular complexity index is 545. The third-order valence-corrected chi connectivity index (χ3v) is 4.53. The van der Waals surface area contributed by atoms with Gasteiger partial charge < -0.3 is 14.8 Å². The first-order valence-corrected chi connectivity index (χ1v) is 8.05. The first-order chi connectivity index (χ1) is 9.63. The van der Waals surface area contributed by atoms with E-state index in [-0.39, 0.29) is 11.4 Å². The second kappa shape index (κ2) is 7.03. The molecule has 0 spiro atoms. The summed E-state index contributed by atoms with van der Waals surface area (Å²) >= 11 is 0. The second-order valence-corrected chi connectivity index (χ2v) is 6.27. The van der Waals surface area contributed by atoms with E-state index in [4.69, 9.17) is 9.47 Å². The topological polar surface area (TPSA) is 76.7 Å². The third kappa shape index (κ3) is 3.92. The van der Waals surface area contributed by atoms with Gasteiger partial charge in [0.25, 0.3) is 0 Å². The van der Waals surface area contributed by atoms with Gasteiger partial charge in [-0.25, -0.2) is 13.1 Å². The molecule has 20 heavy (non-hydrogen) atoms. The largest absolute Gasteiger partial charge is 0.384 e. The molecule has 1 aromatic carbocycles. The highest BCUT2D eigenvalue weighted by molar-refractivity contribution is 7.89. The predicted octanol–water partition coefficient (Wildman–Crippen LogP) is 0.596. The van der Waals surface area contributed by atoms with Crippen LogP contribution in [0.1, 0.15) is 5.56 Å². The van der Waals surface area contributed by atoms with Gasteiger partial charge >= 0.3 is 0 Å². The van der Waals surface area contributed by atoms with Crippen molar-refractivity contribution in [2.24, 2.45) is 0 Å². The Hall–Kier alpha value is -1.15. The van der Waals surface area contributed by atoms with Gasteiger partial charge in [-0.3, -0.25) is 0 Å². The number of nitrogens with one attached hydrogen (secondary N) is 2. The molecule has 0 amide bonds. The number of ether oxygens (including phenoxy) is 2. The summed E-state index contributed by atoms with van der Waals surface area (Å²) in [6, 6.07) is 5.18. The number of sulfonamides is 1. The average molecular weight is 300 g/mol. The number of benzene rings is 1. The maximum absolute atomic E-state index is 12.1. The van der Waals surface area contributed by atoms with Crippen LogP contribution in [0.5, 0.6) is 0 Å². The van der Waals surface area contributed by atoms with E-state index < -0.39 is 10.0 Å². The van der Waals surface area contributed by atoms with E-state index >= 15 is 0 Å². The predicted molar refractivity (Wildman–Crippen MR) is 76.5 cm³/mol. The lowest BCUT2D eigenvalue weighted by Gasteiger charge is -2.09. The van der Waals surface area contributed by atoms with Crippen molar-refractivity contribution in [1.82, 2.24) is 4.72 Å². The summed E-state index contributed by atoms with van der Waals surface area (Å²) in [6.45, 7) is 2.40. The van der Waals surface area contributed by atoms with Crippen LogP contribution < -0.4 is 10.0 Å². The standard InChI is InChI=1S/C13H20N2O4S/c1-18-8-9-19-7-6-15-20(16,17)12-3-2-11-4-5-14-13(11)10-12/h2-3,10,14-15H,4-9H2,1H3. The van der Waals surface area contributed by atoms with Gasteiger partial charge in [0.1, 0.15) is 0 Å². The van der Waals surface area contributed by atoms with E-state index in [1.54, 1.807) is 19.2 Å². The number of hydrogen-bond acceptors (Lipinski definition) is 5. The summed E-state index contributed by atoms with van der Waals surface area (Å²) in [5, 5.41) is 3.17. The summed E-state index contributed by atoms with van der Waals surface area (Å²) in [5.74, 6) is 0. The van der Waals surface area contributed by atoms with Crippen LogP contribution in [0.15, 0.2) is 23.1 Å². The molecule has 7 heteroatoms. The van der Waals surface area contributed by atoms with Gasteiger partial charge in [0.05, 0.1) is 24.7 Å². The quantitative estimate of drug-likeness (QED) is 0.687. The highest BCUT2D eigenvalue weighted by atomic mass is 32.2. The molecule has 112 valence electrons. The Balaban J connectivity index is 1.87. The summed E-state index contributed by atoms with van der Waals surface area (Å²) in [7, 11) is -1.88. The Labute approximate surface area is 119 Å². The molecular weight excluding hydrogens is 280 g/mol. The van der Waals surface area contributed by atoms with E-state index in [0.29, 0.717) is 19.8 Å². The number of fused-ring (bicyclic) bond motifs is 1. The van der Waals surface area contributed by atoms with Gasteiger partial charge in [-0.1, -0.05) is 6.07 Å². The second-order valence-electron chi connectivity index (χ2n) is 4.50. The van der Waals surface area contributed by atoms with Crippen LogP contribution in [-0.4, -0.2) is 48.4 Å². The average Bonchev–Trinajstić information content (AvgIpc) is 2.90. The zero-order valence-corrected chi connectivity index (χ0v) is 12.3. The Morgan fingerprint density at radius 2 is 2.15 bits per heavy atom. The molecule has 0 saturated carbocycles. The van der Waals surface area contributed by atoms with Gasteiger partial charge in [-0.2, -0.15) is 0 Å². The van der Waals surface area contributed by atoms with Gasteiger partial charge in [0, 0.05) is 25.9 Å². The smallest absolute Gasteiger partial charge is 0.240 e. The minimum atomic E-state index is -3.48.